The highest BCUT2D eigenvalue weighted by molar-refractivity contribution is 5.86. The predicted octanol–water partition coefficient (Wildman–Crippen LogP) is 3.28. The van der Waals surface area contributed by atoms with Crippen LogP contribution in [0.4, 0.5) is 0 Å². The largest absolute Gasteiger partial charge is 0.497 e. The molecule has 4 nitrogen and oxygen atoms in total. The van der Waals surface area contributed by atoms with Gasteiger partial charge in [0.2, 0.25) is 0 Å². The van der Waals surface area contributed by atoms with E-state index in [1.54, 1.807) is 7.11 Å². The molecule has 2 aliphatic heterocycles. The lowest BCUT2D eigenvalue weighted by atomic mass is 9.77. The van der Waals surface area contributed by atoms with E-state index < -0.39 is 0 Å². The highest BCUT2D eigenvalue weighted by atomic mass is 16.5. The van der Waals surface area contributed by atoms with Crippen LogP contribution in [-0.4, -0.2) is 41.8 Å². The molecular formula is C20H26N2O2. The maximum atomic E-state index is 9.43. The minimum atomic E-state index is 0.262. The van der Waals surface area contributed by atoms with E-state index in [0.717, 1.165) is 38.1 Å². The summed E-state index contributed by atoms with van der Waals surface area (Å²) in [4.78, 5) is 6.27. The monoisotopic (exact) mass is 326 g/mol. The molecule has 0 radical (unpaired) electrons. The number of hydrogen-bond donors (Lipinski definition) is 2. The van der Waals surface area contributed by atoms with Gasteiger partial charge in [0, 0.05) is 36.3 Å². The third kappa shape index (κ3) is 2.45. The van der Waals surface area contributed by atoms with Gasteiger partial charge in [-0.25, -0.2) is 0 Å². The Morgan fingerprint density at radius 2 is 2.33 bits per heavy atom. The van der Waals surface area contributed by atoms with Gasteiger partial charge in [-0.3, -0.25) is 4.90 Å². The van der Waals surface area contributed by atoms with Gasteiger partial charge < -0.3 is 14.8 Å². The van der Waals surface area contributed by atoms with E-state index in [1.165, 1.54) is 22.2 Å². The van der Waals surface area contributed by atoms with Crippen LogP contribution >= 0.6 is 0 Å². The number of nitrogens with zero attached hydrogens (tertiary/aromatic N) is 1. The lowest BCUT2D eigenvalue weighted by Crippen LogP contribution is -2.45. The molecule has 2 aliphatic rings. The zero-order valence-electron chi connectivity index (χ0n) is 14.3. The minimum Gasteiger partial charge on any atom is -0.497 e. The van der Waals surface area contributed by atoms with Crippen LogP contribution in [0.15, 0.2) is 30.9 Å². The summed E-state index contributed by atoms with van der Waals surface area (Å²) in [6.07, 6.45) is 5.12. The number of methoxy groups -OCH3 is 1. The Morgan fingerprint density at radius 3 is 3.08 bits per heavy atom. The van der Waals surface area contributed by atoms with E-state index in [9.17, 15) is 5.11 Å². The molecule has 1 aromatic carbocycles. The van der Waals surface area contributed by atoms with E-state index >= 15 is 0 Å². The zero-order chi connectivity index (χ0) is 16.7. The maximum absolute atomic E-state index is 9.43. The number of H-pyrrole nitrogens is 1. The van der Waals surface area contributed by atoms with Gasteiger partial charge in [-0.15, -0.1) is 6.58 Å². The molecule has 1 fully saturated rings. The van der Waals surface area contributed by atoms with Gasteiger partial charge in [0.25, 0.3) is 0 Å². The van der Waals surface area contributed by atoms with Crippen LogP contribution in [-0.2, 0) is 6.42 Å². The second kappa shape index (κ2) is 6.26. The first-order chi connectivity index (χ1) is 11.7. The quantitative estimate of drug-likeness (QED) is 0.848. The summed E-state index contributed by atoms with van der Waals surface area (Å²) in [5.41, 5.74) is 4.02. The van der Waals surface area contributed by atoms with Crippen molar-refractivity contribution in [3.8, 4) is 5.75 Å². The lowest BCUT2D eigenvalue weighted by Gasteiger charge is -2.45. The number of hydrogen-bond acceptors (Lipinski definition) is 3. The van der Waals surface area contributed by atoms with Crippen molar-refractivity contribution in [1.82, 2.24) is 9.88 Å². The van der Waals surface area contributed by atoms with Crippen molar-refractivity contribution in [1.29, 1.82) is 0 Å². The van der Waals surface area contributed by atoms with E-state index in [-0.39, 0.29) is 6.61 Å². The van der Waals surface area contributed by atoms with Crippen molar-refractivity contribution >= 4 is 10.9 Å². The predicted molar refractivity (Wildman–Crippen MR) is 96.4 cm³/mol. The van der Waals surface area contributed by atoms with Crippen molar-refractivity contribution in [3.63, 3.8) is 0 Å². The summed E-state index contributed by atoms with van der Waals surface area (Å²) < 4.78 is 5.40. The number of aliphatic hydroxyl groups is 1. The Hall–Kier alpha value is -1.78. The van der Waals surface area contributed by atoms with Gasteiger partial charge in [0.15, 0.2) is 0 Å². The Labute approximate surface area is 143 Å². The van der Waals surface area contributed by atoms with Crippen LogP contribution < -0.4 is 4.74 Å². The molecule has 0 amide bonds. The van der Waals surface area contributed by atoms with Crippen LogP contribution in [0.1, 0.15) is 30.1 Å². The highest BCUT2D eigenvalue weighted by Gasteiger charge is 2.38. The van der Waals surface area contributed by atoms with Crippen LogP contribution in [0.5, 0.6) is 5.75 Å². The molecule has 128 valence electrons. The number of ether oxygens (including phenoxy) is 1. The molecule has 24 heavy (non-hydrogen) atoms. The first kappa shape index (κ1) is 15.7. The molecule has 4 heteroatoms. The van der Waals surface area contributed by atoms with Gasteiger partial charge in [0.1, 0.15) is 5.75 Å². The average molecular weight is 326 g/mol. The number of nitrogens with one attached hydrogen (secondary N) is 1. The molecule has 0 unspecified atom stereocenters. The van der Waals surface area contributed by atoms with Crippen molar-refractivity contribution < 1.29 is 9.84 Å². The Kier molecular flexibility index (Phi) is 4.10. The van der Waals surface area contributed by atoms with Gasteiger partial charge in [0.05, 0.1) is 13.2 Å². The van der Waals surface area contributed by atoms with E-state index in [2.05, 4.69) is 34.7 Å². The normalized spacial score (nSPS) is 26.8. The summed E-state index contributed by atoms with van der Waals surface area (Å²) in [6, 6.07) is 6.73. The second-order valence-corrected chi connectivity index (χ2v) is 7.10. The first-order valence-electron chi connectivity index (χ1n) is 8.91. The molecular weight excluding hydrogens is 300 g/mol. The molecule has 0 aliphatic carbocycles. The van der Waals surface area contributed by atoms with Gasteiger partial charge in [-0.2, -0.15) is 0 Å². The number of fused-ring (bicyclic) bond motifs is 5. The van der Waals surface area contributed by atoms with Crippen molar-refractivity contribution in [3.05, 3.63) is 42.1 Å². The van der Waals surface area contributed by atoms with E-state index in [1.807, 2.05) is 6.07 Å². The molecule has 0 bridgehead atoms. The van der Waals surface area contributed by atoms with Gasteiger partial charge in [-0.05, 0) is 54.9 Å². The Bertz CT molecular complexity index is 751. The molecule has 2 aromatic rings. The molecule has 2 N–H and O–H groups in total. The number of piperidine rings is 1. The number of aromatic nitrogens is 1. The smallest absolute Gasteiger partial charge is 0.119 e. The number of rotatable bonds is 4. The third-order valence-electron chi connectivity index (χ3n) is 5.95. The molecule has 1 saturated heterocycles. The van der Waals surface area contributed by atoms with Crippen molar-refractivity contribution in [2.24, 2.45) is 11.8 Å². The zero-order valence-corrected chi connectivity index (χ0v) is 14.3. The van der Waals surface area contributed by atoms with Crippen LogP contribution in [0, 0.1) is 11.8 Å². The SMILES string of the molecule is C=C[C@H]1CN2CCc3c([nH]c4ccc(OC)cc34)[C@@H]2C[C@@H]1CCO. The standard InChI is InChI=1S/C20H26N2O2/c1-3-13-12-22-8-6-16-17-11-15(24-2)4-5-18(17)21-20(16)19(22)10-14(13)7-9-23/h3-5,11,13-14,19,21,23H,1,6-10,12H2,2H3/t13-,14-,19-/m0/s1. The summed E-state index contributed by atoms with van der Waals surface area (Å²) in [6.45, 7) is 6.43. The molecule has 4 rings (SSSR count). The van der Waals surface area contributed by atoms with Gasteiger partial charge >= 0.3 is 0 Å². The molecule has 0 spiro atoms. The fourth-order valence-corrected chi connectivity index (χ4v) is 4.65. The fraction of sp³-hybridized carbons (Fsp3) is 0.500. The summed E-state index contributed by atoms with van der Waals surface area (Å²) >= 11 is 0. The first-order valence-corrected chi connectivity index (χ1v) is 8.91. The summed E-state index contributed by atoms with van der Waals surface area (Å²) in [7, 11) is 1.72. The van der Waals surface area contributed by atoms with Gasteiger partial charge in [-0.1, -0.05) is 6.08 Å². The van der Waals surface area contributed by atoms with Crippen LogP contribution in [0.3, 0.4) is 0 Å². The molecule has 3 atom stereocenters. The van der Waals surface area contributed by atoms with Crippen LogP contribution in [0.25, 0.3) is 10.9 Å². The van der Waals surface area contributed by atoms with Crippen molar-refractivity contribution in [2.45, 2.75) is 25.3 Å². The molecule has 3 heterocycles. The van der Waals surface area contributed by atoms with Crippen LogP contribution in [0.2, 0.25) is 0 Å². The second-order valence-electron chi connectivity index (χ2n) is 7.10. The lowest BCUT2D eigenvalue weighted by molar-refractivity contribution is 0.0594. The third-order valence-corrected chi connectivity index (χ3v) is 5.95. The number of aliphatic hydroxyl groups excluding tert-OH is 1. The molecule has 1 aromatic heterocycles. The highest BCUT2D eigenvalue weighted by Crippen LogP contribution is 2.44. The maximum Gasteiger partial charge on any atom is 0.119 e. The van der Waals surface area contributed by atoms with E-state index in [4.69, 9.17) is 4.74 Å². The number of benzene rings is 1. The Morgan fingerprint density at radius 1 is 1.46 bits per heavy atom. The molecule has 0 saturated carbocycles. The minimum absolute atomic E-state index is 0.262. The summed E-state index contributed by atoms with van der Waals surface area (Å²) in [5.74, 6) is 1.92. The topological polar surface area (TPSA) is 48.5 Å². The fourth-order valence-electron chi connectivity index (χ4n) is 4.65. The average Bonchev–Trinajstić information content (AvgIpc) is 2.99. The number of aromatic amines is 1. The Balaban J connectivity index is 1.72. The van der Waals surface area contributed by atoms with Crippen molar-refractivity contribution in [2.75, 3.05) is 26.8 Å². The van der Waals surface area contributed by atoms with E-state index in [0.29, 0.717) is 17.9 Å². The summed E-state index contributed by atoms with van der Waals surface area (Å²) in [5, 5.41) is 10.7.